The zero-order valence-corrected chi connectivity index (χ0v) is 17.0. The van der Waals surface area contributed by atoms with Gasteiger partial charge >= 0.3 is 5.97 Å². The standard InChI is InChI=1S/C22H24ClNO4/c1-4-15-5-7-16(8-6-15)19(25)13-28-22(27)20(14(2)3)24-21(26)17-9-11-18(23)12-10-17/h5-12,14,20H,4,13H2,1-3H3,(H,24,26)/t20-/m1/s1. The molecule has 2 aromatic rings. The number of ether oxygens (including phenoxy) is 1. The number of hydrogen-bond acceptors (Lipinski definition) is 4. The lowest BCUT2D eigenvalue weighted by Crippen LogP contribution is -2.45. The second-order valence-electron chi connectivity index (χ2n) is 6.78. The molecule has 0 saturated heterocycles. The SMILES string of the molecule is CCc1ccc(C(=O)COC(=O)[C@H](NC(=O)c2ccc(Cl)cc2)C(C)C)cc1. The normalized spacial score (nSPS) is 11.8. The number of ketones is 1. The van der Waals surface area contributed by atoms with Crippen molar-refractivity contribution >= 4 is 29.3 Å². The Morgan fingerprint density at radius 2 is 1.54 bits per heavy atom. The fourth-order valence-corrected chi connectivity index (χ4v) is 2.69. The van der Waals surface area contributed by atoms with E-state index in [1.54, 1.807) is 50.2 Å². The molecular formula is C22H24ClNO4. The number of hydrogen-bond donors (Lipinski definition) is 1. The maximum Gasteiger partial charge on any atom is 0.329 e. The Bertz CT molecular complexity index is 829. The van der Waals surface area contributed by atoms with Crippen molar-refractivity contribution in [2.45, 2.75) is 33.2 Å². The number of Topliss-reactive ketones (excluding diaryl/α,β-unsaturated/α-hetero) is 1. The van der Waals surface area contributed by atoms with Gasteiger partial charge in [-0.15, -0.1) is 0 Å². The Morgan fingerprint density at radius 3 is 2.07 bits per heavy atom. The maximum atomic E-state index is 12.4. The summed E-state index contributed by atoms with van der Waals surface area (Å²) in [6, 6.07) is 12.7. The van der Waals surface area contributed by atoms with E-state index in [0.717, 1.165) is 12.0 Å². The van der Waals surface area contributed by atoms with E-state index < -0.39 is 17.9 Å². The topological polar surface area (TPSA) is 72.5 Å². The molecule has 1 amide bonds. The van der Waals surface area contributed by atoms with Crippen LogP contribution in [0.15, 0.2) is 48.5 Å². The van der Waals surface area contributed by atoms with Gasteiger partial charge in [-0.25, -0.2) is 4.79 Å². The van der Waals surface area contributed by atoms with Gasteiger partial charge in [-0.1, -0.05) is 56.6 Å². The summed E-state index contributed by atoms with van der Waals surface area (Å²) in [6.45, 7) is 5.24. The average molecular weight is 402 g/mol. The zero-order chi connectivity index (χ0) is 20.7. The Morgan fingerprint density at radius 1 is 0.964 bits per heavy atom. The van der Waals surface area contributed by atoms with Crippen LogP contribution < -0.4 is 5.32 Å². The molecule has 2 rings (SSSR count). The lowest BCUT2D eigenvalue weighted by molar-refractivity contribution is -0.145. The molecule has 0 aliphatic heterocycles. The van der Waals surface area contributed by atoms with Crippen molar-refractivity contribution in [3.05, 3.63) is 70.2 Å². The van der Waals surface area contributed by atoms with Gasteiger partial charge in [-0.2, -0.15) is 0 Å². The van der Waals surface area contributed by atoms with Gasteiger partial charge in [0.25, 0.3) is 5.91 Å². The highest BCUT2D eigenvalue weighted by Crippen LogP contribution is 2.12. The number of amides is 1. The predicted octanol–water partition coefficient (Wildman–Crippen LogP) is 4.08. The molecule has 6 heteroatoms. The minimum Gasteiger partial charge on any atom is -0.456 e. The van der Waals surface area contributed by atoms with Gasteiger partial charge in [0, 0.05) is 16.1 Å². The minimum atomic E-state index is -0.863. The molecule has 148 valence electrons. The van der Waals surface area contributed by atoms with Crippen molar-refractivity contribution in [1.29, 1.82) is 0 Å². The van der Waals surface area contributed by atoms with Crippen LogP contribution in [0.1, 0.15) is 47.1 Å². The van der Waals surface area contributed by atoms with Crippen LogP contribution >= 0.6 is 11.6 Å². The van der Waals surface area contributed by atoms with E-state index in [0.29, 0.717) is 16.1 Å². The van der Waals surface area contributed by atoms with Gasteiger partial charge < -0.3 is 10.1 Å². The van der Waals surface area contributed by atoms with Crippen LogP contribution in [0.4, 0.5) is 0 Å². The number of carbonyl (C=O) groups excluding carboxylic acids is 3. The van der Waals surface area contributed by atoms with E-state index in [4.69, 9.17) is 16.3 Å². The third kappa shape index (κ3) is 5.92. The lowest BCUT2D eigenvalue weighted by Gasteiger charge is -2.20. The van der Waals surface area contributed by atoms with Crippen LogP contribution in [0.25, 0.3) is 0 Å². The highest BCUT2D eigenvalue weighted by atomic mass is 35.5. The molecule has 0 heterocycles. The number of halogens is 1. The zero-order valence-electron chi connectivity index (χ0n) is 16.2. The molecule has 0 fully saturated rings. The number of aryl methyl sites for hydroxylation is 1. The van der Waals surface area contributed by atoms with E-state index in [9.17, 15) is 14.4 Å². The highest BCUT2D eigenvalue weighted by Gasteiger charge is 2.27. The lowest BCUT2D eigenvalue weighted by atomic mass is 10.0. The molecule has 0 spiro atoms. The van der Waals surface area contributed by atoms with Crippen LogP contribution in [-0.2, 0) is 16.0 Å². The summed E-state index contributed by atoms with van der Waals surface area (Å²) in [5.74, 6) is -1.55. The van der Waals surface area contributed by atoms with Gasteiger partial charge in [0.2, 0.25) is 0 Å². The number of benzene rings is 2. The smallest absolute Gasteiger partial charge is 0.329 e. The van der Waals surface area contributed by atoms with Crippen LogP contribution in [0.5, 0.6) is 0 Å². The first-order valence-electron chi connectivity index (χ1n) is 9.17. The predicted molar refractivity (Wildman–Crippen MR) is 109 cm³/mol. The van der Waals surface area contributed by atoms with Crippen molar-refractivity contribution in [2.24, 2.45) is 5.92 Å². The summed E-state index contributed by atoms with van der Waals surface area (Å²) < 4.78 is 5.17. The van der Waals surface area contributed by atoms with Gasteiger partial charge in [-0.05, 0) is 42.2 Å². The summed E-state index contributed by atoms with van der Waals surface area (Å²) in [4.78, 5) is 37.0. The largest absolute Gasteiger partial charge is 0.456 e. The first-order valence-corrected chi connectivity index (χ1v) is 9.54. The first-order chi connectivity index (χ1) is 13.3. The van der Waals surface area contributed by atoms with Crippen molar-refractivity contribution in [1.82, 2.24) is 5.32 Å². The Hall–Kier alpha value is -2.66. The summed E-state index contributed by atoms with van der Waals surface area (Å²) in [5.41, 5.74) is 1.99. The minimum absolute atomic E-state index is 0.206. The average Bonchev–Trinajstić information content (AvgIpc) is 2.70. The van der Waals surface area contributed by atoms with Crippen molar-refractivity contribution in [3.63, 3.8) is 0 Å². The van der Waals surface area contributed by atoms with Gasteiger partial charge in [0.1, 0.15) is 6.04 Å². The first kappa shape index (κ1) is 21.6. The fourth-order valence-electron chi connectivity index (χ4n) is 2.56. The highest BCUT2D eigenvalue weighted by molar-refractivity contribution is 6.30. The molecule has 1 N–H and O–H groups in total. The van der Waals surface area contributed by atoms with E-state index in [1.807, 2.05) is 19.1 Å². The van der Waals surface area contributed by atoms with Crippen LogP contribution in [0.3, 0.4) is 0 Å². The Balaban J connectivity index is 1.97. The van der Waals surface area contributed by atoms with Gasteiger partial charge in [-0.3, -0.25) is 9.59 Å². The number of rotatable bonds is 8. The van der Waals surface area contributed by atoms with Crippen molar-refractivity contribution < 1.29 is 19.1 Å². The second kappa shape index (κ2) is 10.0. The third-order valence-electron chi connectivity index (χ3n) is 4.34. The van der Waals surface area contributed by atoms with E-state index in [-0.39, 0.29) is 18.3 Å². The molecular weight excluding hydrogens is 378 g/mol. The Labute approximate surface area is 170 Å². The van der Waals surface area contributed by atoms with E-state index >= 15 is 0 Å². The number of carbonyl (C=O) groups is 3. The number of nitrogens with one attached hydrogen (secondary N) is 1. The van der Waals surface area contributed by atoms with Crippen LogP contribution in [0.2, 0.25) is 5.02 Å². The van der Waals surface area contributed by atoms with Crippen LogP contribution in [-0.4, -0.2) is 30.3 Å². The summed E-state index contributed by atoms with van der Waals surface area (Å²) in [6.07, 6.45) is 0.882. The summed E-state index contributed by atoms with van der Waals surface area (Å²) in [5, 5.41) is 3.18. The maximum absolute atomic E-state index is 12.4. The number of esters is 1. The summed E-state index contributed by atoms with van der Waals surface area (Å²) in [7, 11) is 0. The molecule has 28 heavy (non-hydrogen) atoms. The van der Waals surface area contributed by atoms with Crippen LogP contribution in [0, 0.1) is 5.92 Å². The van der Waals surface area contributed by atoms with E-state index in [1.165, 1.54) is 0 Å². The molecule has 0 aliphatic rings. The van der Waals surface area contributed by atoms with Crippen molar-refractivity contribution in [3.8, 4) is 0 Å². The molecule has 2 aromatic carbocycles. The van der Waals surface area contributed by atoms with Crippen molar-refractivity contribution in [2.75, 3.05) is 6.61 Å². The summed E-state index contributed by atoms with van der Waals surface area (Å²) >= 11 is 5.82. The molecule has 0 saturated carbocycles. The second-order valence-corrected chi connectivity index (χ2v) is 7.22. The van der Waals surface area contributed by atoms with E-state index in [2.05, 4.69) is 5.32 Å². The third-order valence-corrected chi connectivity index (χ3v) is 4.60. The molecule has 0 aromatic heterocycles. The monoisotopic (exact) mass is 401 g/mol. The van der Waals surface area contributed by atoms with Gasteiger partial charge in [0.15, 0.2) is 12.4 Å². The molecule has 0 unspecified atom stereocenters. The molecule has 5 nitrogen and oxygen atoms in total. The quantitative estimate of drug-likeness (QED) is 0.534. The molecule has 0 aliphatic carbocycles. The fraction of sp³-hybridized carbons (Fsp3) is 0.318. The Kier molecular flexibility index (Phi) is 7.76. The molecule has 0 radical (unpaired) electrons. The molecule has 1 atom stereocenters. The molecule has 0 bridgehead atoms. The van der Waals surface area contributed by atoms with Gasteiger partial charge in [0.05, 0.1) is 0 Å².